The van der Waals surface area contributed by atoms with Crippen LogP contribution in [0.25, 0.3) is 0 Å². The number of anilines is 1. The van der Waals surface area contributed by atoms with Crippen LogP contribution in [0.1, 0.15) is 34.0 Å². The van der Waals surface area contributed by atoms with Gasteiger partial charge in [-0.2, -0.15) is 0 Å². The molecular weight excluding hydrogens is 388 g/mol. The Labute approximate surface area is 182 Å². The molecule has 0 saturated carbocycles. The highest BCUT2D eigenvalue weighted by molar-refractivity contribution is 6.07. The number of nitrogens with zero attached hydrogens (tertiary/aromatic N) is 1. The molecule has 5 heteroatoms. The lowest BCUT2D eigenvalue weighted by molar-refractivity contribution is -0.120. The van der Waals surface area contributed by atoms with Crippen molar-refractivity contribution >= 4 is 17.5 Å². The van der Waals surface area contributed by atoms with E-state index in [4.69, 9.17) is 4.74 Å². The van der Waals surface area contributed by atoms with Crippen LogP contribution in [0, 0.1) is 0 Å². The summed E-state index contributed by atoms with van der Waals surface area (Å²) in [7, 11) is 1.62. The number of carbonyl (C=O) groups is 2. The van der Waals surface area contributed by atoms with Crippen molar-refractivity contribution in [2.45, 2.75) is 32.4 Å². The number of amides is 2. The Hall–Kier alpha value is -3.60. The molecule has 0 unspecified atom stereocenters. The first-order valence-electron chi connectivity index (χ1n) is 10.4. The minimum atomic E-state index is -0.0451. The highest BCUT2D eigenvalue weighted by Crippen LogP contribution is 2.34. The molecule has 2 amide bonds. The van der Waals surface area contributed by atoms with Crippen LogP contribution >= 0.6 is 0 Å². The second kappa shape index (κ2) is 9.04. The largest absolute Gasteiger partial charge is 0.497 e. The summed E-state index contributed by atoms with van der Waals surface area (Å²) in [6, 6.07) is 23.0. The molecule has 0 radical (unpaired) electrons. The average Bonchev–Trinajstić information content (AvgIpc) is 3.13. The number of benzene rings is 3. The third kappa shape index (κ3) is 4.61. The molecule has 31 heavy (non-hydrogen) atoms. The van der Waals surface area contributed by atoms with Crippen molar-refractivity contribution in [3.05, 3.63) is 95.1 Å². The molecule has 158 valence electrons. The first kappa shape index (κ1) is 20.7. The standard InChI is InChI=1S/C26H26N2O3/c1-18-14-22-11-8-20(15-24(22)28(18)26(30)21-6-4-3-5-7-21)17-27-25(29)16-19-9-12-23(31-2)13-10-19/h3-13,15,18H,14,16-17H2,1-2H3,(H,27,29)/t18-/m1/s1. The zero-order valence-electron chi connectivity index (χ0n) is 17.8. The number of fused-ring (bicyclic) bond motifs is 1. The van der Waals surface area contributed by atoms with Crippen LogP contribution in [0.5, 0.6) is 5.75 Å². The van der Waals surface area contributed by atoms with Gasteiger partial charge in [0.25, 0.3) is 5.91 Å². The lowest BCUT2D eigenvalue weighted by Gasteiger charge is -2.23. The fourth-order valence-electron chi connectivity index (χ4n) is 3.98. The molecule has 3 aromatic rings. The molecule has 1 aliphatic heterocycles. The molecule has 5 nitrogen and oxygen atoms in total. The average molecular weight is 415 g/mol. The van der Waals surface area contributed by atoms with E-state index >= 15 is 0 Å². The van der Waals surface area contributed by atoms with Crippen LogP contribution < -0.4 is 15.0 Å². The van der Waals surface area contributed by atoms with E-state index in [1.165, 1.54) is 0 Å². The number of hydrogen-bond acceptors (Lipinski definition) is 3. The Kier molecular flexibility index (Phi) is 6.03. The Balaban J connectivity index is 1.43. The van der Waals surface area contributed by atoms with Crippen LogP contribution in [0.4, 0.5) is 5.69 Å². The van der Waals surface area contributed by atoms with Crippen molar-refractivity contribution in [2.75, 3.05) is 12.0 Å². The molecule has 1 N–H and O–H groups in total. The maximum atomic E-state index is 13.1. The normalized spacial score (nSPS) is 14.8. The maximum absolute atomic E-state index is 13.1. The molecular formula is C26H26N2O3. The minimum absolute atomic E-state index is 0.00698. The fraction of sp³-hybridized carbons (Fsp3) is 0.231. The van der Waals surface area contributed by atoms with E-state index in [1.54, 1.807) is 7.11 Å². The molecule has 0 aromatic heterocycles. The van der Waals surface area contributed by atoms with E-state index in [0.29, 0.717) is 18.5 Å². The third-order valence-corrected chi connectivity index (χ3v) is 5.62. The van der Waals surface area contributed by atoms with E-state index < -0.39 is 0 Å². The number of methoxy groups -OCH3 is 1. The Morgan fingerprint density at radius 3 is 2.42 bits per heavy atom. The van der Waals surface area contributed by atoms with Gasteiger partial charge in [0.05, 0.1) is 13.5 Å². The molecule has 1 aliphatic rings. The summed E-state index contributed by atoms with van der Waals surface area (Å²) in [4.78, 5) is 27.3. The summed E-state index contributed by atoms with van der Waals surface area (Å²) in [5, 5.41) is 2.98. The van der Waals surface area contributed by atoms with Gasteiger partial charge in [0.2, 0.25) is 5.91 Å². The summed E-state index contributed by atoms with van der Waals surface area (Å²) < 4.78 is 5.15. The predicted octanol–water partition coefficient (Wildman–Crippen LogP) is 4.15. The number of hydrogen-bond donors (Lipinski definition) is 1. The topological polar surface area (TPSA) is 58.6 Å². The Morgan fingerprint density at radius 2 is 1.71 bits per heavy atom. The second-order valence-corrected chi connectivity index (χ2v) is 7.86. The smallest absolute Gasteiger partial charge is 0.258 e. The van der Waals surface area contributed by atoms with Gasteiger partial charge in [-0.25, -0.2) is 0 Å². The number of ether oxygens (including phenoxy) is 1. The molecule has 0 aliphatic carbocycles. The van der Waals surface area contributed by atoms with Crippen molar-refractivity contribution in [3.8, 4) is 5.75 Å². The van der Waals surface area contributed by atoms with Gasteiger partial charge in [-0.15, -0.1) is 0 Å². The van der Waals surface area contributed by atoms with Crippen LogP contribution in [0.2, 0.25) is 0 Å². The molecule has 0 spiro atoms. The molecule has 3 aromatic carbocycles. The zero-order valence-corrected chi connectivity index (χ0v) is 17.8. The van der Waals surface area contributed by atoms with E-state index in [1.807, 2.05) is 71.6 Å². The van der Waals surface area contributed by atoms with E-state index in [-0.39, 0.29) is 17.9 Å². The van der Waals surface area contributed by atoms with Gasteiger partial charge in [-0.3, -0.25) is 9.59 Å². The lowest BCUT2D eigenvalue weighted by atomic mass is 10.1. The van der Waals surface area contributed by atoms with Gasteiger partial charge in [0.1, 0.15) is 5.75 Å². The molecule has 0 saturated heterocycles. The molecule has 0 bridgehead atoms. The minimum Gasteiger partial charge on any atom is -0.497 e. The summed E-state index contributed by atoms with van der Waals surface area (Å²) in [5.74, 6) is 0.731. The first-order valence-corrected chi connectivity index (χ1v) is 10.4. The SMILES string of the molecule is COc1ccc(CC(=O)NCc2ccc3c(c2)N(C(=O)c2ccccc2)[C@H](C)C3)cc1. The van der Waals surface area contributed by atoms with Gasteiger partial charge in [0.15, 0.2) is 0 Å². The second-order valence-electron chi connectivity index (χ2n) is 7.86. The maximum Gasteiger partial charge on any atom is 0.258 e. The van der Waals surface area contributed by atoms with Gasteiger partial charge in [-0.1, -0.05) is 42.5 Å². The van der Waals surface area contributed by atoms with E-state index in [0.717, 1.165) is 34.5 Å². The van der Waals surface area contributed by atoms with Crippen LogP contribution in [0.3, 0.4) is 0 Å². The quantitative estimate of drug-likeness (QED) is 0.659. The molecule has 1 atom stereocenters. The summed E-state index contributed by atoms with van der Waals surface area (Å²) in [5.41, 5.74) is 4.68. The monoisotopic (exact) mass is 414 g/mol. The van der Waals surface area contributed by atoms with Crippen LogP contribution in [0.15, 0.2) is 72.8 Å². The predicted molar refractivity (Wildman–Crippen MR) is 121 cm³/mol. The molecule has 1 heterocycles. The zero-order chi connectivity index (χ0) is 21.8. The van der Waals surface area contributed by atoms with Crippen LogP contribution in [-0.4, -0.2) is 25.0 Å². The van der Waals surface area contributed by atoms with E-state index in [9.17, 15) is 9.59 Å². The first-order chi connectivity index (χ1) is 15.0. The van der Waals surface area contributed by atoms with Gasteiger partial charge < -0.3 is 15.0 Å². The van der Waals surface area contributed by atoms with Crippen molar-refractivity contribution < 1.29 is 14.3 Å². The number of nitrogens with one attached hydrogen (secondary N) is 1. The lowest BCUT2D eigenvalue weighted by Crippen LogP contribution is -2.35. The van der Waals surface area contributed by atoms with Crippen molar-refractivity contribution in [1.29, 1.82) is 0 Å². The fourth-order valence-corrected chi connectivity index (χ4v) is 3.98. The summed E-state index contributed by atoms with van der Waals surface area (Å²) in [6.45, 7) is 2.49. The highest BCUT2D eigenvalue weighted by Gasteiger charge is 2.31. The van der Waals surface area contributed by atoms with Gasteiger partial charge >= 0.3 is 0 Å². The number of carbonyl (C=O) groups excluding carboxylic acids is 2. The van der Waals surface area contributed by atoms with E-state index in [2.05, 4.69) is 18.3 Å². The number of rotatable bonds is 6. The highest BCUT2D eigenvalue weighted by atomic mass is 16.5. The molecule has 4 rings (SSSR count). The summed E-state index contributed by atoms with van der Waals surface area (Å²) >= 11 is 0. The van der Waals surface area contributed by atoms with Crippen molar-refractivity contribution in [2.24, 2.45) is 0 Å². The van der Waals surface area contributed by atoms with Crippen molar-refractivity contribution in [3.63, 3.8) is 0 Å². The Morgan fingerprint density at radius 1 is 1.00 bits per heavy atom. The van der Waals surface area contributed by atoms with Crippen molar-refractivity contribution in [1.82, 2.24) is 5.32 Å². The van der Waals surface area contributed by atoms with Gasteiger partial charge in [0, 0.05) is 23.8 Å². The Bertz CT molecular complexity index is 1080. The third-order valence-electron chi connectivity index (χ3n) is 5.62. The van der Waals surface area contributed by atoms with Gasteiger partial charge in [-0.05, 0) is 60.4 Å². The summed E-state index contributed by atoms with van der Waals surface area (Å²) in [6.07, 6.45) is 1.14. The van der Waals surface area contributed by atoms with Crippen LogP contribution in [-0.2, 0) is 24.2 Å². The molecule has 0 fully saturated rings.